The predicted molar refractivity (Wildman–Crippen MR) is 84.6 cm³/mol. The minimum absolute atomic E-state index is 0.0300. The first-order valence-electron chi connectivity index (χ1n) is 8.29. The Bertz CT molecular complexity index is 501. The van der Waals surface area contributed by atoms with Gasteiger partial charge in [0.15, 0.2) is 0 Å². The van der Waals surface area contributed by atoms with Gasteiger partial charge in [-0.15, -0.1) is 0 Å². The molecule has 0 bridgehead atoms. The lowest BCUT2D eigenvalue weighted by Crippen LogP contribution is -2.63. The molecule has 0 amide bonds. The second-order valence-electron chi connectivity index (χ2n) is 7.83. The van der Waals surface area contributed by atoms with Crippen molar-refractivity contribution in [1.29, 1.82) is 0 Å². The molecule has 2 saturated carbocycles. The van der Waals surface area contributed by atoms with E-state index in [1.54, 1.807) is 0 Å². The van der Waals surface area contributed by atoms with Crippen LogP contribution in [0.2, 0.25) is 0 Å². The summed E-state index contributed by atoms with van der Waals surface area (Å²) in [4.78, 5) is 25.3. The topological polar surface area (TPSA) is 68.3 Å². The SMILES string of the molecule is CC1CC2C(=O)S(=O)C3CC(C)CC4C(=O)S(=O)C(C1)C2C43. The lowest BCUT2D eigenvalue weighted by Gasteiger charge is -2.56. The summed E-state index contributed by atoms with van der Waals surface area (Å²) in [6.07, 6.45) is 3.04. The maximum absolute atomic E-state index is 12.7. The molecule has 6 heteroatoms. The van der Waals surface area contributed by atoms with Crippen LogP contribution in [-0.2, 0) is 31.2 Å². The zero-order valence-electron chi connectivity index (χ0n) is 12.9. The van der Waals surface area contributed by atoms with Gasteiger partial charge in [0.25, 0.3) is 0 Å². The zero-order chi connectivity index (χ0) is 15.8. The average Bonchev–Trinajstić information content (AvgIpc) is 2.48. The van der Waals surface area contributed by atoms with Crippen LogP contribution >= 0.6 is 0 Å². The van der Waals surface area contributed by atoms with E-state index in [0.29, 0.717) is 0 Å². The van der Waals surface area contributed by atoms with Crippen LogP contribution in [0.15, 0.2) is 0 Å². The van der Waals surface area contributed by atoms with Crippen LogP contribution in [0.1, 0.15) is 39.5 Å². The van der Waals surface area contributed by atoms with Gasteiger partial charge in [-0.1, -0.05) is 13.8 Å². The molecule has 2 heterocycles. The van der Waals surface area contributed by atoms with Crippen molar-refractivity contribution in [2.45, 2.75) is 50.0 Å². The van der Waals surface area contributed by atoms with E-state index in [9.17, 15) is 18.0 Å². The molecule has 4 rings (SSSR count). The number of carbonyl (C=O) groups is 2. The molecule has 22 heavy (non-hydrogen) atoms. The Balaban J connectivity index is 1.84. The molecule has 0 radical (unpaired) electrons. The maximum Gasteiger partial charge on any atom is 0.222 e. The first-order valence-corrected chi connectivity index (χ1v) is 10.7. The highest BCUT2D eigenvalue weighted by Gasteiger charge is 2.63. The van der Waals surface area contributed by atoms with Crippen LogP contribution in [0.4, 0.5) is 0 Å². The maximum atomic E-state index is 12.7. The Morgan fingerprint density at radius 2 is 1.09 bits per heavy atom. The van der Waals surface area contributed by atoms with Crippen molar-refractivity contribution in [2.75, 3.05) is 0 Å². The Labute approximate surface area is 135 Å². The molecular formula is C16H22O4S2. The van der Waals surface area contributed by atoms with Gasteiger partial charge in [-0.25, -0.2) is 0 Å². The normalized spacial score (nSPS) is 57.4. The molecule has 0 aromatic rings. The second-order valence-corrected chi connectivity index (χ2v) is 11.0. The highest BCUT2D eigenvalue weighted by molar-refractivity contribution is 8.01. The van der Waals surface area contributed by atoms with Crippen LogP contribution in [-0.4, -0.2) is 29.1 Å². The summed E-state index contributed by atoms with van der Waals surface area (Å²) in [5.74, 6) is 0.150. The summed E-state index contributed by atoms with van der Waals surface area (Å²) in [6.45, 7) is 4.10. The van der Waals surface area contributed by atoms with Crippen LogP contribution < -0.4 is 0 Å². The molecular weight excluding hydrogens is 320 g/mol. The third-order valence-electron chi connectivity index (χ3n) is 6.37. The summed E-state index contributed by atoms with van der Waals surface area (Å²) in [7, 11) is -2.95. The van der Waals surface area contributed by atoms with Crippen molar-refractivity contribution in [3.63, 3.8) is 0 Å². The third-order valence-corrected chi connectivity index (χ3v) is 9.88. The first kappa shape index (κ1) is 15.2. The van der Waals surface area contributed by atoms with Gasteiger partial charge < -0.3 is 0 Å². The number of carbonyl (C=O) groups excluding carboxylic acids is 2. The summed E-state index contributed by atoms with van der Waals surface area (Å²) in [5, 5.41) is -0.608. The quantitative estimate of drug-likeness (QED) is 0.671. The molecule has 4 nitrogen and oxygen atoms in total. The van der Waals surface area contributed by atoms with Gasteiger partial charge >= 0.3 is 0 Å². The first-order chi connectivity index (χ1) is 10.4. The van der Waals surface area contributed by atoms with E-state index in [1.165, 1.54) is 0 Å². The third kappa shape index (κ3) is 1.92. The van der Waals surface area contributed by atoms with E-state index in [2.05, 4.69) is 13.8 Å². The fourth-order valence-corrected chi connectivity index (χ4v) is 9.62. The fourth-order valence-electron chi connectivity index (χ4n) is 5.60. The van der Waals surface area contributed by atoms with Crippen LogP contribution in [0.5, 0.6) is 0 Å². The molecule has 0 N–H and O–H groups in total. The van der Waals surface area contributed by atoms with Crippen molar-refractivity contribution in [3.8, 4) is 0 Å². The summed E-state index contributed by atoms with van der Waals surface area (Å²) < 4.78 is 25.4. The van der Waals surface area contributed by atoms with Gasteiger partial charge in [0.1, 0.15) is 0 Å². The second kappa shape index (κ2) is 5.07. The molecule has 2 saturated heterocycles. The number of hydrogen-bond donors (Lipinski definition) is 0. The lowest BCUT2D eigenvalue weighted by molar-refractivity contribution is -0.128. The van der Waals surface area contributed by atoms with E-state index in [1.807, 2.05) is 0 Å². The summed E-state index contributed by atoms with van der Waals surface area (Å²) >= 11 is 0. The largest absolute Gasteiger partial charge is 0.284 e. The smallest absolute Gasteiger partial charge is 0.222 e. The van der Waals surface area contributed by atoms with Gasteiger partial charge in [-0.05, 0) is 49.4 Å². The monoisotopic (exact) mass is 342 g/mol. The van der Waals surface area contributed by atoms with Crippen LogP contribution in [0.3, 0.4) is 0 Å². The van der Waals surface area contributed by atoms with Gasteiger partial charge in [-0.3, -0.25) is 18.0 Å². The highest BCUT2D eigenvalue weighted by Crippen LogP contribution is 2.56. The Morgan fingerprint density at radius 3 is 1.45 bits per heavy atom. The van der Waals surface area contributed by atoms with Crippen LogP contribution in [0, 0.1) is 35.5 Å². The highest BCUT2D eigenvalue weighted by atomic mass is 32.2. The molecule has 10 atom stereocenters. The minimum Gasteiger partial charge on any atom is -0.284 e. The molecule has 122 valence electrons. The van der Waals surface area contributed by atoms with Gasteiger partial charge in [0.05, 0.1) is 21.6 Å². The van der Waals surface area contributed by atoms with Crippen molar-refractivity contribution in [3.05, 3.63) is 0 Å². The molecule has 2 aliphatic heterocycles. The number of hydrogen-bond acceptors (Lipinski definition) is 4. The summed E-state index contributed by atoms with van der Waals surface area (Å²) in [6, 6.07) is 0. The van der Waals surface area contributed by atoms with E-state index < -0.39 is 21.6 Å². The van der Waals surface area contributed by atoms with Crippen LogP contribution in [0.25, 0.3) is 0 Å². The van der Waals surface area contributed by atoms with Gasteiger partial charge in [0.2, 0.25) is 10.2 Å². The Hall–Kier alpha value is -0.360. The van der Waals surface area contributed by atoms with Gasteiger partial charge in [0, 0.05) is 22.3 Å². The van der Waals surface area contributed by atoms with Crippen molar-refractivity contribution < 1.29 is 18.0 Å². The molecule has 10 unspecified atom stereocenters. The lowest BCUT2D eigenvalue weighted by atomic mass is 9.60. The van der Waals surface area contributed by atoms with E-state index in [4.69, 9.17) is 0 Å². The molecule has 2 aliphatic carbocycles. The summed E-state index contributed by atoms with van der Waals surface area (Å²) in [5.41, 5.74) is 0. The van der Waals surface area contributed by atoms with Gasteiger partial charge in [-0.2, -0.15) is 0 Å². The van der Waals surface area contributed by atoms with E-state index in [0.717, 1.165) is 25.7 Å². The average molecular weight is 342 g/mol. The standard InChI is InChI=1S/C16H22O4S2/c1-7-3-9-13-11(5-7)21(19)16(18)10-4-8(2)6-12(14(10)13)22(20)15(9)17/h7-14H,3-6H2,1-2H3. The zero-order valence-corrected chi connectivity index (χ0v) is 14.5. The molecule has 0 aromatic heterocycles. The van der Waals surface area contributed by atoms with E-state index >= 15 is 0 Å². The predicted octanol–water partition coefficient (Wildman–Crippen LogP) is 1.63. The van der Waals surface area contributed by atoms with Crippen molar-refractivity contribution in [2.24, 2.45) is 35.5 Å². The molecule has 0 spiro atoms. The number of rotatable bonds is 0. The molecule has 4 fully saturated rings. The minimum atomic E-state index is -1.47. The van der Waals surface area contributed by atoms with Crippen molar-refractivity contribution in [1.82, 2.24) is 0 Å². The Morgan fingerprint density at radius 1 is 0.727 bits per heavy atom. The fraction of sp³-hybridized carbons (Fsp3) is 0.875. The molecule has 4 aliphatic rings. The molecule has 0 aromatic carbocycles. The van der Waals surface area contributed by atoms with E-state index in [-0.39, 0.29) is 56.2 Å². The van der Waals surface area contributed by atoms with Crippen molar-refractivity contribution >= 4 is 31.8 Å². The Kier molecular flexibility index (Phi) is 3.50.